The van der Waals surface area contributed by atoms with Crippen molar-refractivity contribution in [2.24, 2.45) is 0 Å². The molecule has 0 aliphatic heterocycles. The summed E-state index contributed by atoms with van der Waals surface area (Å²) in [5.74, 6) is 0.0374. The second kappa shape index (κ2) is 6.40. The van der Waals surface area contributed by atoms with E-state index in [2.05, 4.69) is 20.7 Å². The molecule has 3 rings (SSSR count). The number of carbonyl (C=O) groups is 1. The number of amides is 1. The van der Waals surface area contributed by atoms with Crippen LogP contribution in [0.25, 0.3) is 5.00 Å². The fraction of sp³-hybridized carbons (Fsp3) is 0.154. The highest BCUT2D eigenvalue weighted by molar-refractivity contribution is 7.12. The van der Waals surface area contributed by atoms with E-state index in [4.69, 9.17) is 4.74 Å². The number of nitrogens with one attached hydrogen (secondary N) is 1. The number of hydrogen-bond donors (Lipinski definition) is 1. The number of methoxy groups -OCH3 is 1. The first-order valence-corrected chi connectivity index (χ1v) is 7.42. The van der Waals surface area contributed by atoms with Crippen molar-refractivity contribution >= 4 is 22.9 Å². The molecule has 0 saturated heterocycles. The summed E-state index contributed by atoms with van der Waals surface area (Å²) in [7, 11) is 1.50. The van der Waals surface area contributed by atoms with Crippen LogP contribution in [0.3, 0.4) is 0 Å². The van der Waals surface area contributed by atoms with Crippen LogP contribution in [0.4, 0.5) is 5.69 Å². The van der Waals surface area contributed by atoms with Gasteiger partial charge in [0.1, 0.15) is 11.5 Å². The molecule has 0 fully saturated rings. The van der Waals surface area contributed by atoms with Gasteiger partial charge < -0.3 is 10.1 Å². The van der Waals surface area contributed by atoms with E-state index in [1.165, 1.54) is 24.6 Å². The lowest BCUT2D eigenvalue weighted by Gasteiger charge is -2.04. The average molecular weight is 332 g/mol. The van der Waals surface area contributed by atoms with Crippen LogP contribution in [-0.2, 0) is 11.3 Å². The number of carbonyl (C=O) groups excluding carboxylic acids is 1. The number of hydrogen-bond acceptors (Lipinski definition) is 7. The minimum absolute atomic E-state index is 0.240. The Balaban J connectivity index is 1.69. The van der Waals surface area contributed by atoms with Gasteiger partial charge in [-0.05, 0) is 34.0 Å². The van der Waals surface area contributed by atoms with Gasteiger partial charge in [0.15, 0.2) is 0 Å². The van der Waals surface area contributed by atoms with Gasteiger partial charge in [-0.3, -0.25) is 4.79 Å². The topological polar surface area (TPSA) is 104 Å². The maximum absolute atomic E-state index is 12.1. The number of rotatable bonds is 5. The van der Waals surface area contributed by atoms with Crippen molar-refractivity contribution in [2.75, 3.05) is 12.4 Å². The van der Waals surface area contributed by atoms with Crippen molar-refractivity contribution < 1.29 is 9.53 Å². The van der Waals surface area contributed by atoms with E-state index in [9.17, 15) is 9.59 Å². The van der Waals surface area contributed by atoms with Gasteiger partial charge >= 0.3 is 5.69 Å². The quantitative estimate of drug-likeness (QED) is 0.731. The Morgan fingerprint density at radius 3 is 2.87 bits per heavy atom. The van der Waals surface area contributed by atoms with Gasteiger partial charge in [0.25, 0.3) is 0 Å². The fourth-order valence-electron chi connectivity index (χ4n) is 1.81. The largest absolute Gasteiger partial charge is 0.481 e. The molecule has 0 spiro atoms. The molecule has 1 N–H and O–H groups in total. The van der Waals surface area contributed by atoms with Crippen LogP contribution in [0.1, 0.15) is 0 Å². The van der Waals surface area contributed by atoms with Gasteiger partial charge in [0.05, 0.1) is 19.0 Å². The summed E-state index contributed by atoms with van der Waals surface area (Å²) >= 11 is 1.35. The van der Waals surface area contributed by atoms with E-state index in [0.717, 1.165) is 9.36 Å². The molecule has 0 radical (unpaired) electrons. The Kier molecular flexibility index (Phi) is 4.15. The van der Waals surface area contributed by atoms with E-state index < -0.39 is 11.6 Å². The van der Waals surface area contributed by atoms with Crippen molar-refractivity contribution in [3.8, 4) is 10.9 Å². The molecular formula is C13H12N6O3S. The number of aromatic nitrogens is 5. The Labute approximate surface area is 134 Å². The molecule has 3 heterocycles. The summed E-state index contributed by atoms with van der Waals surface area (Å²) in [6.45, 7) is -0.240. The molecule has 0 aliphatic carbocycles. The zero-order valence-corrected chi connectivity index (χ0v) is 12.9. The normalized spacial score (nSPS) is 10.5. The summed E-state index contributed by atoms with van der Waals surface area (Å²) in [6, 6.07) is 6.81. The number of anilines is 1. The predicted molar refractivity (Wildman–Crippen MR) is 82.9 cm³/mol. The van der Waals surface area contributed by atoms with Gasteiger partial charge in [-0.15, -0.1) is 11.3 Å². The molecule has 3 aromatic rings. The Hall–Kier alpha value is -3.01. The number of pyridine rings is 1. The number of tetrazole rings is 1. The molecule has 0 aromatic carbocycles. The summed E-state index contributed by atoms with van der Waals surface area (Å²) in [6.07, 6.45) is 1.46. The van der Waals surface area contributed by atoms with Gasteiger partial charge in [-0.1, -0.05) is 0 Å². The van der Waals surface area contributed by atoms with Crippen molar-refractivity contribution in [1.82, 2.24) is 24.8 Å². The molecule has 23 heavy (non-hydrogen) atoms. The lowest BCUT2D eigenvalue weighted by atomic mass is 10.4. The predicted octanol–water partition coefficient (Wildman–Crippen LogP) is 0.533. The summed E-state index contributed by atoms with van der Waals surface area (Å²) < 4.78 is 7.07. The van der Waals surface area contributed by atoms with Gasteiger partial charge in [-0.2, -0.15) is 9.36 Å². The smallest absolute Gasteiger partial charge is 0.369 e. The standard InChI is InChI=1S/C13H12N6O3S/c1-22-11-5-4-9(7-14-11)15-10(20)8-18-13(21)19(17-16-18)12-3-2-6-23-12/h2-7H,8H2,1H3,(H,15,20). The molecule has 1 amide bonds. The van der Waals surface area contributed by atoms with E-state index in [1.807, 2.05) is 5.38 Å². The lowest BCUT2D eigenvalue weighted by molar-refractivity contribution is -0.117. The van der Waals surface area contributed by atoms with Crippen molar-refractivity contribution in [3.63, 3.8) is 0 Å². The second-order valence-electron chi connectivity index (χ2n) is 4.42. The molecular weight excluding hydrogens is 320 g/mol. The highest BCUT2D eigenvalue weighted by atomic mass is 32.1. The second-order valence-corrected chi connectivity index (χ2v) is 5.35. The Morgan fingerprint density at radius 2 is 2.22 bits per heavy atom. The molecule has 0 saturated carbocycles. The maximum atomic E-state index is 12.1. The zero-order chi connectivity index (χ0) is 16.2. The molecule has 10 heteroatoms. The molecule has 0 unspecified atom stereocenters. The van der Waals surface area contributed by atoms with Crippen molar-refractivity contribution in [1.29, 1.82) is 0 Å². The van der Waals surface area contributed by atoms with Crippen LogP contribution < -0.4 is 15.7 Å². The monoisotopic (exact) mass is 332 g/mol. The number of ether oxygens (including phenoxy) is 1. The summed E-state index contributed by atoms with van der Waals surface area (Å²) in [5, 5.41) is 12.6. The van der Waals surface area contributed by atoms with Crippen LogP contribution in [0, 0.1) is 0 Å². The van der Waals surface area contributed by atoms with E-state index in [1.54, 1.807) is 24.3 Å². The molecule has 0 aliphatic rings. The highest BCUT2D eigenvalue weighted by Gasteiger charge is 2.13. The SMILES string of the molecule is COc1ccc(NC(=O)Cn2nnn(-c3cccs3)c2=O)cn1. The van der Waals surface area contributed by atoms with Crippen LogP contribution in [0.5, 0.6) is 5.88 Å². The van der Waals surface area contributed by atoms with Crippen LogP contribution >= 0.6 is 11.3 Å². The Bertz CT molecular complexity index is 853. The summed E-state index contributed by atoms with van der Waals surface area (Å²) in [4.78, 5) is 28.1. The number of thiophene rings is 1. The van der Waals surface area contributed by atoms with Crippen molar-refractivity contribution in [2.45, 2.75) is 6.54 Å². The summed E-state index contributed by atoms with van der Waals surface area (Å²) in [5.41, 5.74) is 0.0185. The third-order valence-electron chi connectivity index (χ3n) is 2.88. The minimum Gasteiger partial charge on any atom is -0.481 e. The molecule has 0 atom stereocenters. The van der Waals surface area contributed by atoms with Gasteiger partial charge in [-0.25, -0.2) is 9.78 Å². The van der Waals surface area contributed by atoms with E-state index >= 15 is 0 Å². The van der Waals surface area contributed by atoms with Crippen LogP contribution in [-0.4, -0.2) is 37.8 Å². The number of nitrogens with zero attached hydrogens (tertiary/aromatic N) is 5. The maximum Gasteiger partial charge on any atom is 0.369 e. The van der Waals surface area contributed by atoms with Crippen molar-refractivity contribution in [3.05, 3.63) is 46.3 Å². The molecule has 118 valence electrons. The minimum atomic E-state index is -0.476. The average Bonchev–Trinajstić information content (AvgIpc) is 3.19. The van der Waals surface area contributed by atoms with Gasteiger partial charge in [0.2, 0.25) is 11.8 Å². The molecule has 3 aromatic heterocycles. The van der Waals surface area contributed by atoms with E-state index in [-0.39, 0.29) is 6.54 Å². The third kappa shape index (κ3) is 3.26. The van der Waals surface area contributed by atoms with Crippen LogP contribution in [0.2, 0.25) is 0 Å². The molecule has 0 bridgehead atoms. The zero-order valence-electron chi connectivity index (χ0n) is 12.0. The van der Waals surface area contributed by atoms with Gasteiger partial charge in [0, 0.05) is 6.07 Å². The molecule has 9 nitrogen and oxygen atoms in total. The first kappa shape index (κ1) is 14.9. The third-order valence-corrected chi connectivity index (χ3v) is 3.72. The lowest BCUT2D eigenvalue weighted by Crippen LogP contribution is -2.29. The first-order valence-electron chi connectivity index (χ1n) is 6.54. The Morgan fingerprint density at radius 1 is 1.35 bits per heavy atom. The fourth-order valence-corrected chi connectivity index (χ4v) is 2.48. The van der Waals surface area contributed by atoms with Crippen LogP contribution in [0.15, 0.2) is 40.6 Å². The highest BCUT2D eigenvalue weighted by Crippen LogP contribution is 2.11. The van der Waals surface area contributed by atoms with E-state index in [0.29, 0.717) is 16.6 Å². The first-order chi connectivity index (χ1) is 11.2.